The zero-order valence-corrected chi connectivity index (χ0v) is 22.3. The lowest BCUT2D eigenvalue weighted by Crippen LogP contribution is -2.34. The second-order valence-electron chi connectivity index (χ2n) is 8.69. The van der Waals surface area contributed by atoms with E-state index in [0.29, 0.717) is 29.2 Å². The number of aromatic nitrogens is 2. The molecule has 4 rings (SSSR count). The number of amides is 2. The maximum absolute atomic E-state index is 13.3. The maximum Gasteiger partial charge on any atom is 0.251 e. The van der Waals surface area contributed by atoms with Crippen molar-refractivity contribution < 1.29 is 32.7 Å². The summed E-state index contributed by atoms with van der Waals surface area (Å²) in [6.45, 7) is 0.0735. The molecule has 0 aliphatic rings. The van der Waals surface area contributed by atoms with Crippen LogP contribution in [0.3, 0.4) is 0 Å². The first-order valence-corrected chi connectivity index (χ1v) is 12.4. The minimum absolute atomic E-state index is 0.000407. The van der Waals surface area contributed by atoms with E-state index in [1.807, 2.05) is 30.3 Å². The lowest BCUT2D eigenvalue weighted by Gasteiger charge is -2.16. The average molecular weight is 549 g/mol. The van der Waals surface area contributed by atoms with Gasteiger partial charge in [-0.1, -0.05) is 35.5 Å². The van der Waals surface area contributed by atoms with Crippen molar-refractivity contribution in [3.8, 4) is 28.6 Å². The molecule has 0 unspecified atom stereocenters. The molecule has 3 aromatic carbocycles. The summed E-state index contributed by atoms with van der Waals surface area (Å²) in [6.07, 6.45) is 0.399. The van der Waals surface area contributed by atoms with Gasteiger partial charge in [0.05, 0.1) is 21.3 Å². The Bertz CT molecular complexity index is 1420. The van der Waals surface area contributed by atoms with Crippen LogP contribution in [0.2, 0.25) is 0 Å². The number of hydrogen-bond acceptors (Lipinski definition) is 8. The number of nitrogens with zero attached hydrogens (tertiary/aromatic N) is 2. The van der Waals surface area contributed by atoms with Crippen LogP contribution in [0.1, 0.15) is 34.3 Å². The molecule has 2 amide bonds. The van der Waals surface area contributed by atoms with Crippen LogP contribution in [-0.2, 0) is 11.2 Å². The number of methoxy groups -OCH3 is 3. The van der Waals surface area contributed by atoms with Crippen LogP contribution in [-0.4, -0.2) is 49.8 Å². The molecule has 208 valence electrons. The normalized spacial score (nSPS) is 11.4. The summed E-state index contributed by atoms with van der Waals surface area (Å²) in [4.78, 5) is 30.1. The van der Waals surface area contributed by atoms with E-state index in [9.17, 15) is 14.0 Å². The molecule has 40 heavy (non-hydrogen) atoms. The van der Waals surface area contributed by atoms with Gasteiger partial charge < -0.3 is 29.4 Å². The molecule has 0 fully saturated rings. The van der Waals surface area contributed by atoms with E-state index in [2.05, 4.69) is 20.8 Å². The minimum Gasteiger partial charge on any atom is -0.493 e. The highest BCUT2D eigenvalue weighted by Crippen LogP contribution is 2.38. The third kappa shape index (κ3) is 6.93. The summed E-state index contributed by atoms with van der Waals surface area (Å²) in [5, 5.41) is 9.65. The van der Waals surface area contributed by atoms with Crippen LogP contribution >= 0.6 is 0 Å². The third-order valence-corrected chi connectivity index (χ3v) is 6.02. The molecule has 1 atom stereocenters. The predicted molar refractivity (Wildman–Crippen MR) is 144 cm³/mol. The zero-order chi connectivity index (χ0) is 28.5. The van der Waals surface area contributed by atoms with Crippen LogP contribution < -0.4 is 24.8 Å². The molecule has 0 bridgehead atoms. The molecule has 0 spiro atoms. The molecule has 1 heterocycles. The Morgan fingerprint density at radius 2 is 1.62 bits per heavy atom. The third-order valence-electron chi connectivity index (χ3n) is 6.02. The van der Waals surface area contributed by atoms with Crippen LogP contribution in [0.25, 0.3) is 11.4 Å². The summed E-state index contributed by atoms with van der Waals surface area (Å²) in [7, 11) is 4.39. The number of carbonyl (C=O) groups is 2. The summed E-state index contributed by atoms with van der Waals surface area (Å²) in [5.41, 5.74) is 1.82. The van der Waals surface area contributed by atoms with E-state index in [4.69, 9.17) is 18.7 Å². The molecule has 11 heteroatoms. The monoisotopic (exact) mass is 548 g/mol. The second-order valence-corrected chi connectivity index (χ2v) is 8.69. The summed E-state index contributed by atoms with van der Waals surface area (Å²) < 4.78 is 34.7. The summed E-state index contributed by atoms with van der Waals surface area (Å²) >= 11 is 0. The number of carbonyl (C=O) groups excluding carboxylic acids is 2. The first kappa shape index (κ1) is 28.1. The highest BCUT2D eigenvalue weighted by molar-refractivity contribution is 5.95. The Kier molecular flexibility index (Phi) is 9.29. The smallest absolute Gasteiger partial charge is 0.251 e. The average Bonchev–Trinajstić information content (AvgIpc) is 3.47. The van der Waals surface area contributed by atoms with Crippen molar-refractivity contribution in [1.29, 1.82) is 0 Å². The van der Waals surface area contributed by atoms with Crippen molar-refractivity contribution in [2.75, 3.05) is 27.9 Å². The molecule has 10 nitrogen and oxygen atoms in total. The quantitative estimate of drug-likeness (QED) is 0.271. The van der Waals surface area contributed by atoms with Gasteiger partial charge >= 0.3 is 0 Å². The number of halogens is 1. The van der Waals surface area contributed by atoms with E-state index < -0.39 is 11.9 Å². The molecular weight excluding hydrogens is 519 g/mol. The first-order chi connectivity index (χ1) is 19.4. The van der Waals surface area contributed by atoms with Crippen LogP contribution in [0.4, 0.5) is 4.39 Å². The van der Waals surface area contributed by atoms with E-state index in [-0.39, 0.29) is 42.0 Å². The number of hydrogen-bond donors (Lipinski definition) is 2. The van der Waals surface area contributed by atoms with Crippen molar-refractivity contribution in [1.82, 2.24) is 20.8 Å². The number of rotatable bonds is 12. The Hall–Kier alpha value is -4.93. The predicted octanol–water partition coefficient (Wildman–Crippen LogP) is 4.12. The van der Waals surface area contributed by atoms with Gasteiger partial charge in [0.1, 0.15) is 11.9 Å². The van der Waals surface area contributed by atoms with Crippen molar-refractivity contribution in [2.45, 2.75) is 18.9 Å². The van der Waals surface area contributed by atoms with Gasteiger partial charge in [0.25, 0.3) is 5.91 Å². The van der Waals surface area contributed by atoms with Gasteiger partial charge in [-0.3, -0.25) is 9.59 Å². The van der Waals surface area contributed by atoms with E-state index in [1.54, 1.807) is 12.1 Å². The Morgan fingerprint density at radius 1 is 0.950 bits per heavy atom. The zero-order valence-electron chi connectivity index (χ0n) is 22.3. The van der Waals surface area contributed by atoms with Gasteiger partial charge in [0.2, 0.25) is 23.4 Å². The topological polar surface area (TPSA) is 125 Å². The van der Waals surface area contributed by atoms with Crippen molar-refractivity contribution in [2.24, 2.45) is 0 Å². The van der Waals surface area contributed by atoms with E-state index in [0.717, 1.165) is 5.56 Å². The van der Waals surface area contributed by atoms with Crippen molar-refractivity contribution >= 4 is 11.8 Å². The molecule has 4 aromatic rings. The fourth-order valence-corrected chi connectivity index (χ4v) is 4.01. The van der Waals surface area contributed by atoms with Gasteiger partial charge in [0.15, 0.2) is 11.5 Å². The molecular formula is C29H29FN4O6. The molecule has 2 N–H and O–H groups in total. The number of benzene rings is 3. The molecule has 0 aliphatic heterocycles. The lowest BCUT2D eigenvalue weighted by molar-refractivity contribution is -0.121. The van der Waals surface area contributed by atoms with E-state index >= 15 is 0 Å². The van der Waals surface area contributed by atoms with Gasteiger partial charge in [-0.05, 0) is 42.0 Å². The largest absolute Gasteiger partial charge is 0.493 e. The molecule has 0 saturated heterocycles. The van der Waals surface area contributed by atoms with E-state index in [1.165, 1.54) is 45.6 Å². The second kappa shape index (κ2) is 13.2. The number of nitrogens with one attached hydrogen (secondary N) is 2. The molecule has 0 aliphatic carbocycles. The fourth-order valence-electron chi connectivity index (χ4n) is 4.01. The standard InChI is InChI=1S/C29H29FN4O6/c1-37-23-16-20(17-24(38-2)26(23)39-3)28(36)31-14-13-25(35)32-22(15-18-7-5-4-6-8-18)29-33-27(34-40-29)19-9-11-21(30)12-10-19/h4-12,16-17,22H,13-15H2,1-3H3,(H,31,36)(H,32,35)/t22-/m0/s1. The van der Waals surface area contributed by atoms with Gasteiger partial charge in [-0.25, -0.2) is 4.39 Å². The molecule has 1 aromatic heterocycles. The van der Waals surface area contributed by atoms with Gasteiger partial charge in [0, 0.05) is 30.5 Å². The van der Waals surface area contributed by atoms with Gasteiger partial charge in [-0.2, -0.15) is 4.98 Å². The molecule has 0 radical (unpaired) electrons. The summed E-state index contributed by atoms with van der Waals surface area (Å²) in [6, 6.07) is 17.7. The Balaban J connectivity index is 1.42. The van der Waals surface area contributed by atoms with Crippen LogP contribution in [0.5, 0.6) is 17.2 Å². The lowest BCUT2D eigenvalue weighted by atomic mass is 10.1. The highest BCUT2D eigenvalue weighted by Gasteiger charge is 2.23. The molecule has 0 saturated carbocycles. The highest BCUT2D eigenvalue weighted by atomic mass is 19.1. The van der Waals surface area contributed by atoms with Crippen LogP contribution in [0.15, 0.2) is 71.3 Å². The minimum atomic E-state index is -0.623. The Morgan fingerprint density at radius 3 is 2.25 bits per heavy atom. The maximum atomic E-state index is 13.3. The van der Waals surface area contributed by atoms with Crippen molar-refractivity contribution in [3.63, 3.8) is 0 Å². The summed E-state index contributed by atoms with van der Waals surface area (Å²) in [5.74, 6) is 0.424. The van der Waals surface area contributed by atoms with Crippen LogP contribution in [0, 0.1) is 5.82 Å². The van der Waals surface area contributed by atoms with Crippen molar-refractivity contribution in [3.05, 3.63) is 89.6 Å². The SMILES string of the molecule is COc1cc(C(=O)NCCC(=O)N[C@@H](Cc2ccccc2)c2nc(-c3ccc(F)cc3)no2)cc(OC)c1OC. The Labute approximate surface area is 230 Å². The number of ether oxygens (including phenoxy) is 3. The fraction of sp³-hybridized carbons (Fsp3) is 0.241. The van der Waals surface area contributed by atoms with Gasteiger partial charge in [-0.15, -0.1) is 0 Å². The first-order valence-electron chi connectivity index (χ1n) is 12.4.